The van der Waals surface area contributed by atoms with Crippen LogP contribution in [0.15, 0.2) is 0 Å². The first-order chi connectivity index (χ1) is 9.93. The summed E-state index contributed by atoms with van der Waals surface area (Å²) in [6, 6.07) is 0. The SMILES string of the molecule is CCCCCCC(C)(CCCCC)CC(=O)COC(C)=O. The number of hydrogen-bond acceptors (Lipinski definition) is 3. The van der Waals surface area contributed by atoms with Crippen molar-refractivity contribution in [1.29, 1.82) is 0 Å². The van der Waals surface area contributed by atoms with Crippen molar-refractivity contribution in [3.8, 4) is 0 Å². The number of Topliss-reactive ketones (excluding diaryl/α,β-unsaturated/α-hetero) is 1. The smallest absolute Gasteiger partial charge is 0.303 e. The molecular formula is C18H34O3. The molecule has 0 N–H and O–H groups in total. The molecular weight excluding hydrogens is 264 g/mol. The Hall–Kier alpha value is -0.860. The van der Waals surface area contributed by atoms with Crippen LogP contribution in [0, 0.1) is 5.41 Å². The van der Waals surface area contributed by atoms with Crippen LogP contribution in [0.3, 0.4) is 0 Å². The molecule has 0 aliphatic carbocycles. The zero-order chi connectivity index (χ0) is 16.1. The van der Waals surface area contributed by atoms with E-state index in [2.05, 4.69) is 20.8 Å². The highest BCUT2D eigenvalue weighted by molar-refractivity contribution is 5.82. The number of esters is 1. The lowest BCUT2D eigenvalue weighted by Gasteiger charge is -2.29. The largest absolute Gasteiger partial charge is 0.458 e. The summed E-state index contributed by atoms with van der Waals surface area (Å²) in [5, 5.41) is 0. The predicted octanol–water partition coefficient (Wildman–Crippen LogP) is 5.07. The molecule has 0 saturated heterocycles. The fourth-order valence-corrected chi connectivity index (χ4v) is 2.79. The van der Waals surface area contributed by atoms with Crippen LogP contribution in [-0.4, -0.2) is 18.4 Å². The lowest BCUT2D eigenvalue weighted by atomic mass is 9.76. The van der Waals surface area contributed by atoms with E-state index in [4.69, 9.17) is 4.74 Å². The van der Waals surface area contributed by atoms with Gasteiger partial charge < -0.3 is 4.74 Å². The van der Waals surface area contributed by atoms with Gasteiger partial charge in [-0.15, -0.1) is 0 Å². The molecule has 0 aromatic rings. The number of hydrogen-bond donors (Lipinski definition) is 0. The molecule has 0 saturated carbocycles. The maximum Gasteiger partial charge on any atom is 0.303 e. The summed E-state index contributed by atoms with van der Waals surface area (Å²) in [6.07, 6.45) is 11.3. The summed E-state index contributed by atoms with van der Waals surface area (Å²) in [6.45, 7) is 7.92. The second-order valence-corrected chi connectivity index (χ2v) is 6.57. The second-order valence-electron chi connectivity index (χ2n) is 6.57. The standard InChI is InChI=1S/C18H34O3/c1-5-7-9-11-13-18(4,12-10-8-6-2)14-17(20)15-21-16(3)19/h5-15H2,1-4H3. The summed E-state index contributed by atoms with van der Waals surface area (Å²) in [5.41, 5.74) is 0.0696. The Balaban J connectivity index is 4.33. The van der Waals surface area contributed by atoms with E-state index < -0.39 is 0 Å². The zero-order valence-corrected chi connectivity index (χ0v) is 14.5. The molecule has 0 fully saturated rings. The zero-order valence-electron chi connectivity index (χ0n) is 14.5. The lowest BCUT2D eigenvalue weighted by Crippen LogP contribution is -2.24. The molecule has 3 nitrogen and oxygen atoms in total. The third-order valence-electron chi connectivity index (χ3n) is 4.08. The molecule has 0 rings (SSSR count). The highest BCUT2D eigenvalue weighted by Crippen LogP contribution is 2.35. The second kappa shape index (κ2) is 11.8. The van der Waals surface area contributed by atoms with E-state index in [1.807, 2.05) is 0 Å². The number of carbonyl (C=O) groups excluding carboxylic acids is 2. The van der Waals surface area contributed by atoms with Crippen molar-refractivity contribution in [3.05, 3.63) is 0 Å². The molecule has 124 valence electrons. The Morgan fingerprint density at radius 1 is 0.905 bits per heavy atom. The summed E-state index contributed by atoms with van der Waals surface area (Å²) in [7, 11) is 0. The Labute approximate surface area is 130 Å². The highest BCUT2D eigenvalue weighted by Gasteiger charge is 2.26. The van der Waals surface area contributed by atoms with Crippen LogP contribution >= 0.6 is 0 Å². The van der Waals surface area contributed by atoms with Gasteiger partial charge in [0.25, 0.3) is 0 Å². The van der Waals surface area contributed by atoms with E-state index in [0.717, 1.165) is 12.8 Å². The molecule has 0 aliphatic rings. The number of ketones is 1. The van der Waals surface area contributed by atoms with Crippen molar-refractivity contribution < 1.29 is 14.3 Å². The number of unbranched alkanes of at least 4 members (excludes halogenated alkanes) is 5. The third kappa shape index (κ3) is 11.5. The maximum absolute atomic E-state index is 12.0. The molecule has 0 radical (unpaired) electrons. The quantitative estimate of drug-likeness (QED) is 0.352. The Morgan fingerprint density at radius 3 is 1.95 bits per heavy atom. The molecule has 0 bridgehead atoms. The number of rotatable bonds is 13. The molecule has 0 heterocycles. The fraction of sp³-hybridized carbons (Fsp3) is 0.889. The molecule has 0 amide bonds. The Bertz CT molecular complexity index is 299. The van der Waals surface area contributed by atoms with Crippen LogP contribution in [0.1, 0.15) is 91.9 Å². The first-order valence-corrected chi connectivity index (χ1v) is 8.58. The minimum absolute atomic E-state index is 0.0553. The van der Waals surface area contributed by atoms with E-state index in [1.165, 1.54) is 51.9 Å². The summed E-state index contributed by atoms with van der Waals surface area (Å²) in [5.74, 6) is -0.321. The fourth-order valence-electron chi connectivity index (χ4n) is 2.79. The monoisotopic (exact) mass is 298 g/mol. The van der Waals surface area contributed by atoms with Crippen molar-refractivity contribution >= 4 is 11.8 Å². The minimum Gasteiger partial charge on any atom is -0.458 e. The molecule has 3 heteroatoms. The number of carbonyl (C=O) groups is 2. The first kappa shape index (κ1) is 20.1. The van der Waals surface area contributed by atoms with Gasteiger partial charge in [0.15, 0.2) is 5.78 Å². The third-order valence-corrected chi connectivity index (χ3v) is 4.08. The Kier molecular flexibility index (Phi) is 11.3. The van der Waals surface area contributed by atoms with Gasteiger partial charge in [0, 0.05) is 13.3 Å². The molecule has 1 unspecified atom stereocenters. The molecule has 0 spiro atoms. The summed E-state index contributed by atoms with van der Waals surface area (Å²) in [4.78, 5) is 22.8. The van der Waals surface area contributed by atoms with Crippen molar-refractivity contribution in [3.63, 3.8) is 0 Å². The predicted molar refractivity (Wildman–Crippen MR) is 87.3 cm³/mol. The average molecular weight is 298 g/mol. The average Bonchev–Trinajstić information content (AvgIpc) is 2.42. The van der Waals surface area contributed by atoms with Crippen molar-refractivity contribution in [2.45, 2.75) is 91.9 Å². The Morgan fingerprint density at radius 2 is 1.43 bits per heavy atom. The lowest BCUT2D eigenvalue weighted by molar-refractivity contribution is -0.146. The van der Waals surface area contributed by atoms with E-state index in [-0.39, 0.29) is 23.8 Å². The van der Waals surface area contributed by atoms with Crippen LogP contribution < -0.4 is 0 Å². The molecule has 0 aromatic carbocycles. The van der Waals surface area contributed by atoms with E-state index in [0.29, 0.717) is 6.42 Å². The van der Waals surface area contributed by atoms with Crippen LogP contribution in [-0.2, 0) is 14.3 Å². The van der Waals surface area contributed by atoms with E-state index in [9.17, 15) is 9.59 Å². The topological polar surface area (TPSA) is 43.4 Å². The van der Waals surface area contributed by atoms with Gasteiger partial charge in [-0.2, -0.15) is 0 Å². The molecule has 21 heavy (non-hydrogen) atoms. The van der Waals surface area contributed by atoms with Crippen LogP contribution in [0.4, 0.5) is 0 Å². The van der Waals surface area contributed by atoms with Crippen LogP contribution in [0.2, 0.25) is 0 Å². The summed E-state index contributed by atoms with van der Waals surface area (Å²) < 4.78 is 4.83. The molecule has 0 aliphatic heterocycles. The highest BCUT2D eigenvalue weighted by atomic mass is 16.5. The van der Waals surface area contributed by atoms with Gasteiger partial charge >= 0.3 is 5.97 Å². The van der Waals surface area contributed by atoms with Crippen molar-refractivity contribution in [2.75, 3.05) is 6.61 Å². The first-order valence-electron chi connectivity index (χ1n) is 8.58. The molecule has 0 aromatic heterocycles. The summed E-state index contributed by atoms with van der Waals surface area (Å²) >= 11 is 0. The number of ether oxygens (including phenoxy) is 1. The van der Waals surface area contributed by atoms with Crippen LogP contribution in [0.5, 0.6) is 0 Å². The molecule has 1 atom stereocenters. The van der Waals surface area contributed by atoms with Gasteiger partial charge in [-0.25, -0.2) is 0 Å². The van der Waals surface area contributed by atoms with Gasteiger partial charge in [0.1, 0.15) is 6.61 Å². The normalized spacial score (nSPS) is 13.7. The van der Waals surface area contributed by atoms with E-state index >= 15 is 0 Å². The van der Waals surface area contributed by atoms with Crippen LogP contribution in [0.25, 0.3) is 0 Å². The maximum atomic E-state index is 12.0. The van der Waals surface area contributed by atoms with Crippen molar-refractivity contribution in [1.82, 2.24) is 0 Å². The van der Waals surface area contributed by atoms with Gasteiger partial charge in [-0.05, 0) is 18.3 Å². The van der Waals surface area contributed by atoms with E-state index in [1.54, 1.807) is 0 Å². The van der Waals surface area contributed by atoms with Gasteiger partial charge in [0.2, 0.25) is 0 Å². The van der Waals surface area contributed by atoms with Gasteiger partial charge in [0.05, 0.1) is 0 Å². The van der Waals surface area contributed by atoms with Gasteiger partial charge in [-0.1, -0.05) is 65.7 Å². The van der Waals surface area contributed by atoms with Crippen molar-refractivity contribution in [2.24, 2.45) is 5.41 Å². The van der Waals surface area contributed by atoms with Gasteiger partial charge in [-0.3, -0.25) is 9.59 Å². The minimum atomic E-state index is -0.376.